The Morgan fingerprint density at radius 1 is 1.21 bits per heavy atom. The van der Waals surface area contributed by atoms with E-state index in [9.17, 15) is 8.76 Å². The molecule has 9 heteroatoms. The maximum atomic E-state index is 12.5. The summed E-state index contributed by atoms with van der Waals surface area (Å²) in [6.07, 6.45) is 11.6. The Bertz CT molecular complexity index is 1140. The number of likely N-dealkylation sites (tertiary alicyclic amines) is 1. The van der Waals surface area contributed by atoms with E-state index in [4.69, 9.17) is 4.74 Å². The summed E-state index contributed by atoms with van der Waals surface area (Å²) >= 11 is -1.88. The van der Waals surface area contributed by atoms with Gasteiger partial charge in [0.2, 0.25) is 0 Å². The van der Waals surface area contributed by atoms with Gasteiger partial charge in [-0.2, -0.15) is 5.10 Å². The molecule has 2 aliphatic rings. The van der Waals surface area contributed by atoms with Gasteiger partial charge in [0.15, 0.2) is 16.7 Å². The zero-order chi connectivity index (χ0) is 23.7. The van der Waals surface area contributed by atoms with Gasteiger partial charge in [0.25, 0.3) is 0 Å². The van der Waals surface area contributed by atoms with Crippen LogP contribution in [0.4, 0.5) is 0 Å². The van der Waals surface area contributed by atoms with Crippen molar-refractivity contribution in [1.82, 2.24) is 25.1 Å². The first-order chi connectivity index (χ1) is 16.5. The van der Waals surface area contributed by atoms with Crippen molar-refractivity contribution < 1.29 is 13.5 Å². The van der Waals surface area contributed by atoms with Crippen LogP contribution in [0.25, 0.3) is 21.9 Å². The molecule has 2 fully saturated rings. The number of pyridine rings is 1. The van der Waals surface area contributed by atoms with E-state index >= 15 is 0 Å². The summed E-state index contributed by atoms with van der Waals surface area (Å²) in [6.45, 7) is 6.68. The highest BCUT2D eigenvalue weighted by molar-refractivity contribution is 7.79. The Hall–Kier alpha value is -1.94. The van der Waals surface area contributed by atoms with Gasteiger partial charge < -0.3 is 9.29 Å². The molecule has 8 nitrogen and oxygen atoms in total. The van der Waals surface area contributed by atoms with Gasteiger partial charge in [0, 0.05) is 30.1 Å². The zero-order valence-corrected chi connectivity index (χ0v) is 20.8. The summed E-state index contributed by atoms with van der Waals surface area (Å²) in [5.74, 6) is 1.08. The van der Waals surface area contributed by atoms with Crippen molar-refractivity contribution in [3.05, 3.63) is 30.2 Å². The third kappa shape index (κ3) is 4.89. The molecule has 0 spiro atoms. The molecule has 1 aliphatic carbocycles. The lowest BCUT2D eigenvalue weighted by Gasteiger charge is -2.42. The number of fused-ring (bicyclic) bond motifs is 3. The van der Waals surface area contributed by atoms with Crippen molar-refractivity contribution in [3.63, 3.8) is 0 Å². The molecule has 1 saturated heterocycles. The van der Waals surface area contributed by atoms with E-state index in [1.807, 2.05) is 18.5 Å². The molecule has 34 heavy (non-hydrogen) atoms. The highest BCUT2D eigenvalue weighted by Crippen LogP contribution is 2.42. The molecule has 184 valence electrons. The molecule has 3 aromatic heterocycles. The van der Waals surface area contributed by atoms with Crippen LogP contribution in [0.3, 0.4) is 0 Å². The number of aromatic nitrogens is 4. The number of nitrogens with zero attached hydrogens (tertiary/aromatic N) is 4. The van der Waals surface area contributed by atoms with Gasteiger partial charge in [0.1, 0.15) is 5.37 Å². The molecule has 5 rings (SSSR count). The van der Waals surface area contributed by atoms with Crippen LogP contribution >= 0.6 is 0 Å². The topological polar surface area (TPSA) is 104 Å². The first kappa shape index (κ1) is 23.8. The number of H-pyrrole nitrogens is 1. The smallest absolute Gasteiger partial charge is 0.171 e. The van der Waals surface area contributed by atoms with Gasteiger partial charge in [-0.15, -0.1) is 0 Å². The summed E-state index contributed by atoms with van der Waals surface area (Å²) in [5.41, 5.74) is 2.92. The largest absolute Gasteiger partial charge is 0.377 e. The van der Waals surface area contributed by atoms with E-state index in [0.29, 0.717) is 11.8 Å². The lowest BCUT2D eigenvalue weighted by atomic mass is 9.77. The van der Waals surface area contributed by atoms with Gasteiger partial charge in [-0.05, 0) is 74.5 Å². The third-order valence-electron chi connectivity index (χ3n) is 7.47. The predicted octanol–water partition coefficient (Wildman–Crippen LogP) is 4.46. The quantitative estimate of drug-likeness (QED) is 0.476. The van der Waals surface area contributed by atoms with Gasteiger partial charge in [-0.1, -0.05) is 13.8 Å². The van der Waals surface area contributed by atoms with Crippen LogP contribution in [-0.4, -0.2) is 65.0 Å². The van der Waals surface area contributed by atoms with Crippen LogP contribution in [0.2, 0.25) is 0 Å². The van der Waals surface area contributed by atoms with E-state index in [2.05, 4.69) is 38.9 Å². The first-order valence-corrected chi connectivity index (χ1v) is 13.7. The van der Waals surface area contributed by atoms with Crippen LogP contribution in [0, 0.1) is 11.8 Å². The fourth-order valence-corrected chi connectivity index (χ4v) is 6.92. The molecule has 0 amide bonds. The van der Waals surface area contributed by atoms with Gasteiger partial charge in [-0.3, -0.25) is 10.00 Å². The Kier molecular flexibility index (Phi) is 7.24. The number of aromatic amines is 1. The van der Waals surface area contributed by atoms with Crippen LogP contribution in [0.1, 0.15) is 63.9 Å². The minimum atomic E-state index is -1.88. The van der Waals surface area contributed by atoms with Crippen molar-refractivity contribution in [1.29, 1.82) is 0 Å². The highest BCUT2D eigenvalue weighted by Gasteiger charge is 2.38. The zero-order valence-electron chi connectivity index (χ0n) is 20.0. The third-order valence-corrected chi connectivity index (χ3v) is 8.56. The second kappa shape index (κ2) is 10.4. The van der Waals surface area contributed by atoms with Gasteiger partial charge in [-0.25, -0.2) is 14.2 Å². The minimum Gasteiger partial charge on any atom is -0.377 e. The lowest BCUT2D eigenvalue weighted by Crippen LogP contribution is -2.51. The molecule has 0 radical (unpaired) electrons. The molecule has 0 aromatic carbocycles. The monoisotopic (exact) mass is 485 g/mol. The number of ether oxygens (including phenoxy) is 1. The van der Waals surface area contributed by atoms with E-state index in [1.54, 1.807) is 6.20 Å². The second-order valence-electron chi connectivity index (χ2n) is 10.3. The Morgan fingerprint density at radius 3 is 2.79 bits per heavy atom. The number of piperidine rings is 1. The number of nitrogens with one attached hydrogen (secondary N) is 1. The van der Waals surface area contributed by atoms with Crippen LogP contribution in [0.5, 0.6) is 0 Å². The summed E-state index contributed by atoms with van der Waals surface area (Å²) in [6, 6.07) is 2.02. The Labute approximate surface area is 203 Å². The molecule has 3 aromatic rings. The molecule has 1 aliphatic heterocycles. The van der Waals surface area contributed by atoms with E-state index < -0.39 is 11.1 Å². The van der Waals surface area contributed by atoms with Crippen molar-refractivity contribution in [2.75, 3.05) is 19.7 Å². The molecular formula is C25H35N5O3S. The maximum Gasteiger partial charge on any atom is 0.171 e. The molecule has 3 atom stereocenters. The molecule has 4 heterocycles. The van der Waals surface area contributed by atoms with E-state index in [-0.39, 0.29) is 17.4 Å². The van der Waals surface area contributed by atoms with Crippen molar-refractivity contribution >= 4 is 33.0 Å². The standard InChI is InChI=1S/C25H35N5O3S/c1-16(2)15-33-19-4-3-11-30(14-19)25(34(31)32)18-7-5-17(6-8-18)21-12-28-29-22-13-27-24-20(23(21)22)9-10-26-24/h9-10,12-13,16-19,25,29H,3-8,11,14-15H2,1-2H3,(H,31,32). The lowest BCUT2D eigenvalue weighted by molar-refractivity contribution is -0.0216. The first-order valence-electron chi connectivity index (χ1n) is 12.5. The van der Waals surface area contributed by atoms with E-state index in [1.165, 1.54) is 5.56 Å². The van der Waals surface area contributed by atoms with Crippen molar-refractivity contribution in [3.8, 4) is 0 Å². The van der Waals surface area contributed by atoms with Gasteiger partial charge >= 0.3 is 0 Å². The summed E-state index contributed by atoms with van der Waals surface area (Å²) in [5, 5.41) is 9.36. The number of rotatable bonds is 7. The number of hydrogen-bond acceptors (Lipinski definition) is 6. The molecule has 0 bridgehead atoms. The van der Waals surface area contributed by atoms with E-state index in [0.717, 1.165) is 80.2 Å². The summed E-state index contributed by atoms with van der Waals surface area (Å²) < 4.78 is 28.9. The number of hydrogen-bond donors (Lipinski definition) is 2. The Morgan fingerprint density at radius 2 is 2.03 bits per heavy atom. The second-order valence-corrected chi connectivity index (χ2v) is 11.4. The fraction of sp³-hybridized carbons (Fsp3) is 0.640. The highest BCUT2D eigenvalue weighted by atomic mass is 32.2. The van der Waals surface area contributed by atoms with Crippen molar-refractivity contribution in [2.45, 2.75) is 69.8 Å². The predicted molar refractivity (Wildman–Crippen MR) is 134 cm³/mol. The van der Waals surface area contributed by atoms with Crippen LogP contribution in [0.15, 0.2) is 24.7 Å². The van der Waals surface area contributed by atoms with Gasteiger partial charge in [0.05, 0.1) is 24.0 Å². The molecular weight excluding hydrogens is 450 g/mol. The fourth-order valence-electron chi connectivity index (χ4n) is 5.87. The average Bonchev–Trinajstić information content (AvgIpc) is 3.32. The van der Waals surface area contributed by atoms with Crippen molar-refractivity contribution in [2.24, 2.45) is 11.8 Å². The molecule has 2 N–H and O–H groups in total. The average molecular weight is 486 g/mol. The molecule has 3 unspecified atom stereocenters. The maximum absolute atomic E-state index is 12.5. The summed E-state index contributed by atoms with van der Waals surface area (Å²) in [7, 11) is 0. The molecule has 1 saturated carbocycles. The SMILES string of the molecule is CC(C)COC1CCCN(C(C2CCC(c3cn[nH]c4cnc5nccc5c34)CC2)S(=O)O)C1. The summed E-state index contributed by atoms with van der Waals surface area (Å²) in [4.78, 5) is 11.0. The van der Waals surface area contributed by atoms with Crippen LogP contribution < -0.4 is 0 Å². The minimum absolute atomic E-state index is 0.158. The Balaban J connectivity index is 1.30. The normalized spacial score (nSPS) is 26.3. The van der Waals surface area contributed by atoms with Crippen LogP contribution in [-0.2, 0) is 15.8 Å².